The molecular formula is C14H18N4O3S. The van der Waals surface area contributed by atoms with E-state index < -0.39 is 10.0 Å². The Kier molecular flexibility index (Phi) is 3.36. The summed E-state index contributed by atoms with van der Waals surface area (Å²) in [5.74, 6) is 0.201. The van der Waals surface area contributed by atoms with Crippen LogP contribution in [0.15, 0.2) is 28.2 Å². The summed E-state index contributed by atoms with van der Waals surface area (Å²) >= 11 is 0. The molecule has 8 heteroatoms. The van der Waals surface area contributed by atoms with E-state index in [0.29, 0.717) is 11.3 Å². The zero-order chi connectivity index (χ0) is 16.1. The van der Waals surface area contributed by atoms with Crippen LogP contribution in [0.5, 0.6) is 0 Å². The first-order valence-corrected chi connectivity index (χ1v) is 8.50. The number of sulfonamides is 1. The van der Waals surface area contributed by atoms with Crippen LogP contribution >= 0.6 is 0 Å². The fourth-order valence-corrected chi connectivity index (χ4v) is 3.76. The van der Waals surface area contributed by atoms with Gasteiger partial charge in [-0.2, -0.15) is 5.10 Å². The summed E-state index contributed by atoms with van der Waals surface area (Å²) in [6, 6.07) is 1.70. The summed E-state index contributed by atoms with van der Waals surface area (Å²) in [5.41, 5.74) is 0.875. The highest BCUT2D eigenvalue weighted by Gasteiger charge is 2.34. The van der Waals surface area contributed by atoms with Gasteiger partial charge in [-0.05, 0) is 31.4 Å². The second kappa shape index (κ2) is 4.98. The average Bonchev–Trinajstić information content (AvgIpc) is 3.22. The van der Waals surface area contributed by atoms with Crippen LogP contribution in [-0.4, -0.2) is 22.8 Å². The van der Waals surface area contributed by atoms with Crippen molar-refractivity contribution in [2.45, 2.75) is 30.6 Å². The number of aryl methyl sites for hydroxylation is 3. The number of nitrogens with zero attached hydrogens (tertiary/aromatic N) is 3. The summed E-state index contributed by atoms with van der Waals surface area (Å²) in [5, 5.41) is 4.26. The van der Waals surface area contributed by atoms with Crippen LogP contribution in [0.25, 0.3) is 0 Å². The molecule has 0 radical (unpaired) electrons. The van der Waals surface area contributed by atoms with E-state index in [0.717, 1.165) is 12.8 Å². The Balaban J connectivity index is 2.05. The summed E-state index contributed by atoms with van der Waals surface area (Å²) < 4.78 is 30.6. The largest absolute Gasteiger partial charge is 0.317 e. The van der Waals surface area contributed by atoms with E-state index >= 15 is 0 Å². The summed E-state index contributed by atoms with van der Waals surface area (Å²) in [6.45, 7) is 1.70. The van der Waals surface area contributed by atoms with E-state index in [1.165, 1.54) is 15.4 Å². The van der Waals surface area contributed by atoms with Crippen molar-refractivity contribution in [2.24, 2.45) is 14.1 Å². The lowest BCUT2D eigenvalue weighted by Gasteiger charge is -2.10. The molecule has 0 saturated heterocycles. The van der Waals surface area contributed by atoms with Crippen molar-refractivity contribution in [3.8, 4) is 0 Å². The topological polar surface area (TPSA) is 86.0 Å². The van der Waals surface area contributed by atoms with Crippen LogP contribution < -0.4 is 10.3 Å². The quantitative estimate of drug-likeness (QED) is 0.913. The van der Waals surface area contributed by atoms with Crippen molar-refractivity contribution in [2.75, 3.05) is 4.72 Å². The SMILES string of the molecule is Cc1ccn(C)c(=O)c1NS(=O)(=O)c1cn(C)nc1C1CC1. The Morgan fingerprint density at radius 3 is 2.64 bits per heavy atom. The molecule has 0 aromatic carbocycles. The van der Waals surface area contributed by atoms with E-state index in [-0.39, 0.29) is 22.1 Å². The van der Waals surface area contributed by atoms with Crippen molar-refractivity contribution in [1.29, 1.82) is 0 Å². The van der Waals surface area contributed by atoms with Gasteiger partial charge in [-0.1, -0.05) is 0 Å². The normalized spacial score (nSPS) is 15.0. The second-order valence-electron chi connectivity index (χ2n) is 5.72. The van der Waals surface area contributed by atoms with E-state index in [1.807, 2.05) is 0 Å². The summed E-state index contributed by atoms with van der Waals surface area (Å²) in [6.07, 6.45) is 4.99. The molecule has 0 atom stereocenters. The average molecular weight is 322 g/mol. The Morgan fingerprint density at radius 1 is 1.32 bits per heavy atom. The molecule has 0 amide bonds. The van der Waals surface area contributed by atoms with Gasteiger partial charge < -0.3 is 4.57 Å². The second-order valence-corrected chi connectivity index (χ2v) is 7.37. The lowest BCUT2D eigenvalue weighted by atomic mass is 10.2. The molecule has 1 aliphatic carbocycles. The van der Waals surface area contributed by atoms with Crippen LogP contribution in [0, 0.1) is 6.92 Å². The maximum atomic E-state index is 12.7. The molecule has 0 bridgehead atoms. The van der Waals surface area contributed by atoms with Gasteiger partial charge in [-0.3, -0.25) is 14.2 Å². The molecule has 22 heavy (non-hydrogen) atoms. The van der Waals surface area contributed by atoms with Gasteiger partial charge in [0.25, 0.3) is 15.6 Å². The number of aromatic nitrogens is 3. The monoisotopic (exact) mass is 322 g/mol. The molecule has 0 unspecified atom stereocenters. The van der Waals surface area contributed by atoms with Gasteiger partial charge in [0.2, 0.25) is 0 Å². The molecule has 2 aromatic rings. The van der Waals surface area contributed by atoms with Crippen molar-refractivity contribution in [1.82, 2.24) is 14.3 Å². The Bertz CT molecular complexity index is 891. The van der Waals surface area contributed by atoms with Crippen LogP contribution in [0.2, 0.25) is 0 Å². The molecule has 2 heterocycles. The lowest BCUT2D eigenvalue weighted by molar-refractivity contribution is 0.599. The maximum Gasteiger partial charge on any atom is 0.274 e. The molecule has 3 rings (SSSR count). The molecule has 1 N–H and O–H groups in total. The molecule has 1 saturated carbocycles. The first kappa shape index (κ1) is 14.8. The van der Waals surface area contributed by atoms with Gasteiger partial charge >= 0.3 is 0 Å². The number of hydrogen-bond acceptors (Lipinski definition) is 4. The molecule has 0 spiro atoms. The van der Waals surface area contributed by atoms with Crippen molar-refractivity contribution in [3.05, 3.63) is 40.1 Å². The van der Waals surface area contributed by atoms with Crippen molar-refractivity contribution >= 4 is 15.7 Å². The lowest BCUT2D eigenvalue weighted by Crippen LogP contribution is -2.25. The molecular weight excluding hydrogens is 304 g/mol. The third-order valence-corrected chi connectivity index (χ3v) is 5.16. The first-order valence-electron chi connectivity index (χ1n) is 7.02. The van der Waals surface area contributed by atoms with E-state index in [2.05, 4.69) is 9.82 Å². The predicted molar refractivity (Wildman–Crippen MR) is 82.4 cm³/mol. The third kappa shape index (κ3) is 2.54. The maximum absolute atomic E-state index is 12.7. The number of rotatable bonds is 4. The minimum atomic E-state index is -3.84. The Labute approximate surface area is 128 Å². The zero-order valence-corrected chi connectivity index (χ0v) is 13.5. The molecule has 118 valence electrons. The van der Waals surface area contributed by atoms with Gasteiger partial charge in [-0.15, -0.1) is 0 Å². The highest BCUT2D eigenvalue weighted by Crippen LogP contribution is 2.42. The van der Waals surface area contributed by atoms with E-state index in [1.54, 1.807) is 33.3 Å². The molecule has 1 fully saturated rings. The number of hydrogen-bond donors (Lipinski definition) is 1. The van der Waals surface area contributed by atoms with Crippen molar-refractivity contribution in [3.63, 3.8) is 0 Å². The minimum Gasteiger partial charge on any atom is -0.317 e. The van der Waals surface area contributed by atoms with Gasteiger partial charge in [0, 0.05) is 32.4 Å². The summed E-state index contributed by atoms with van der Waals surface area (Å²) in [4.78, 5) is 12.3. The number of pyridine rings is 1. The van der Waals surface area contributed by atoms with E-state index in [9.17, 15) is 13.2 Å². The first-order chi connectivity index (χ1) is 10.3. The standard InChI is InChI=1S/C14H18N4O3S/c1-9-6-7-17(2)14(19)12(9)16-22(20,21)11-8-18(3)15-13(11)10-4-5-10/h6-8,10,16H,4-5H2,1-3H3. The Morgan fingerprint density at radius 2 is 2.00 bits per heavy atom. The van der Waals surface area contributed by atoms with Gasteiger partial charge in [0.1, 0.15) is 10.6 Å². The molecule has 7 nitrogen and oxygen atoms in total. The van der Waals surface area contributed by atoms with Crippen molar-refractivity contribution < 1.29 is 8.42 Å². The van der Waals surface area contributed by atoms with Gasteiger partial charge in [0.05, 0.1) is 5.69 Å². The van der Waals surface area contributed by atoms with Crippen LogP contribution in [0.4, 0.5) is 5.69 Å². The van der Waals surface area contributed by atoms with Gasteiger partial charge in [-0.25, -0.2) is 8.42 Å². The molecule has 0 aliphatic heterocycles. The van der Waals surface area contributed by atoms with Crippen LogP contribution in [0.1, 0.15) is 30.0 Å². The minimum absolute atomic E-state index is 0.0793. The fourth-order valence-electron chi connectivity index (χ4n) is 2.36. The van der Waals surface area contributed by atoms with Gasteiger partial charge in [0.15, 0.2) is 0 Å². The Hall–Kier alpha value is -2.09. The van der Waals surface area contributed by atoms with Crippen LogP contribution in [-0.2, 0) is 24.1 Å². The zero-order valence-electron chi connectivity index (χ0n) is 12.7. The number of anilines is 1. The smallest absolute Gasteiger partial charge is 0.274 e. The van der Waals surface area contributed by atoms with E-state index in [4.69, 9.17) is 0 Å². The highest BCUT2D eigenvalue weighted by molar-refractivity contribution is 7.92. The fraction of sp³-hybridized carbons (Fsp3) is 0.429. The summed E-state index contributed by atoms with van der Waals surface area (Å²) in [7, 11) is -0.562. The third-order valence-electron chi connectivity index (χ3n) is 3.79. The van der Waals surface area contributed by atoms with Crippen LogP contribution in [0.3, 0.4) is 0 Å². The number of nitrogens with one attached hydrogen (secondary N) is 1. The molecule has 2 aromatic heterocycles. The highest BCUT2D eigenvalue weighted by atomic mass is 32.2. The molecule has 1 aliphatic rings. The predicted octanol–water partition coefficient (Wildman–Crippen LogP) is 1.11.